The molecule has 1 fully saturated rings. The summed E-state index contributed by atoms with van der Waals surface area (Å²) in [5, 5.41) is 0.377. The smallest absolute Gasteiger partial charge is 0.343 e. The van der Waals surface area contributed by atoms with Gasteiger partial charge in [-0.3, -0.25) is 4.90 Å². The lowest BCUT2D eigenvalue weighted by Crippen LogP contribution is -2.52. The fourth-order valence-corrected chi connectivity index (χ4v) is 6.58. The van der Waals surface area contributed by atoms with Crippen molar-refractivity contribution in [3.05, 3.63) is 77.3 Å². The number of hydrogen-bond donors (Lipinski definition) is 0. The highest BCUT2D eigenvalue weighted by molar-refractivity contribution is 7.94. The number of carbonyl (C=O) groups is 1. The van der Waals surface area contributed by atoms with E-state index in [1.54, 1.807) is 36.4 Å². The van der Waals surface area contributed by atoms with Crippen molar-refractivity contribution in [1.29, 1.82) is 0 Å². The number of methoxy groups -OCH3 is 1. The molecule has 36 heavy (non-hydrogen) atoms. The summed E-state index contributed by atoms with van der Waals surface area (Å²) >= 11 is 6.53. The van der Waals surface area contributed by atoms with E-state index in [0.29, 0.717) is 29.5 Å². The summed E-state index contributed by atoms with van der Waals surface area (Å²) in [6.07, 6.45) is 0. The maximum absolute atomic E-state index is 14.2. The molecule has 2 heterocycles. The van der Waals surface area contributed by atoms with Crippen LogP contribution in [0.4, 0.5) is 21.9 Å². The maximum atomic E-state index is 14.2. The van der Waals surface area contributed by atoms with Crippen molar-refractivity contribution in [2.24, 2.45) is 0 Å². The van der Waals surface area contributed by atoms with Gasteiger partial charge < -0.3 is 14.5 Å². The van der Waals surface area contributed by atoms with Gasteiger partial charge in [-0.05, 0) is 49.0 Å². The van der Waals surface area contributed by atoms with E-state index in [4.69, 9.17) is 16.3 Å². The van der Waals surface area contributed by atoms with Crippen LogP contribution < -0.4 is 18.8 Å². The van der Waals surface area contributed by atoms with Crippen molar-refractivity contribution in [3.63, 3.8) is 0 Å². The van der Waals surface area contributed by atoms with E-state index in [1.807, 2.05) is 42.3 Å². The van der Waals surface area contributed by atoms with Crippen LogP contribution in [0.15, 0.2) is 71.6 Å². The fraction of sp³-hybridized carbons (Fsp3) is 0.269. The predicted octanol–water partition coefficient (Wildman–Crippen LogP) is 4.44. The number of hydrogen-bond acceptors (Lipinski definition) is 6. The van der Waals surface area contributed by atoms with E-state index >= 15 is 0 Å². The Hall–Kier alpha value is -3.27. The molecule has 2 aliphatic rings. The third-order valence-corrected chi connectivity index (χ3v) is 8.54. The summed E-state index contributed by atoms with van der Waals surface area (Å²) in [4.78, 5) is 19.7. The topological polar surface area (TPSA) is 73.4 Å². The van der Waals surface area contributed by atoms with Gasteiger partial charge in [-0.2, -0.15) is 4.31 Å². The highest BCUT2D eigenvalue weighted by atomic mass is 35.5. The minimum Gasteiger partial charge on any atom is -0.497 e. The molecule has 0 bridgehead atoms. The average Bonchev–Trinajstić information content (AvgIpc) is 2.87. The number of halogens is 1. The number of benzene rings is 3. The van der Waals surface area contributed by atoms with Gasteiger partial charge in [-0.15, -0.1) is 0 Å². The predicted molar refractivity (Wildman–Crippen MR) is 142 cm³/mol. The van der Waals surface area contributed by atoms with E-state index in [0.717, 1.165) is 23.0 Å². The zero-order valence-electron chi connectivity index (χ0n) is 20.1. The van der Waals surface area contributed by atoms with Crippen LogP contribution in [0.2, 0.25) is 5.02 Å². The molecule has 0 N–H and O–H groups in total. The number of nitrogens with zero attached hydrogens (tertiary/aromatic N) is 4. The van der Waals surface area contributed by atoms with Gasteiger partial charge in [-0.25, -0.2) is 13.2 Å². The van der Waals surface area contributed by atoms with Gasteiger partial charge in [0.1, 0.15) is 10.6 Å². The molecule has 0 spiro atoms. The molecule has 0 unspecified atom stereocenters. The molecule has 0 aliphatic carbocycles. The second kappa shape index (κ2) is 9.65. The summed E-state index contributed by atoms with van der Waals surface area (Å²) in [6.45, 7) is 3.06. The van der Waals surface area contributed by atoms with Crippen LogP contribution in [0.3, 0.4) is 0 Å². The number of likely N-dealkylation sites (N-methyl/N-ethyl adjacent to an activating group) is 1. The Morgan fingerprint density at radius 1 is 0.917 bits per heavy atom. The summed E-state index contributed by atoms with van der Waals surface area (Å²) < 4.78 is 34.5. The number of fused-ring (bicyclic) bond motifs is 1. The standard InChI is InChI=1S/C26H27ClN4O4S/c1-28-12-14-29(15-13-28)23-16-20(27)17-24-25(23)36(33,34)31(21-8-10-22(35-2)11-9-21)26(32)30(24)18-19-6-4-3-5-7-19/h3-11,16-17H,12-15,18H2,1-2H3. The summed E-state index contributed by atoms with van der Waals surface area (Å²) in [7, 11) is -0.688. The molecular weight excluding hydrogens is 500 g/mol. The second-order valence-electron chi connectivity index (χ2n) is 8.89. The van der Waals surface area contributed by atoms with Crippen molar-refractivity contribution < 1.29 is 17.9 Å². The first-order valence-corrected chi connectivity index (χ1v) is 13.4. The number of ether oxygens (including phenoxy) is 1. The van der Waals surface area contributed by atoms with Crippen molar-refractivity contribution in [2.45, 2.75) is 11.4 Å². The van der Waals surface area contributed by atoms with Gasteiger partial charge in [0, 0.05) is 31.2 Å². The van der Waals surface area contributed by atoms with Crippen molar-refractivity contribution in [2.75, 3.05) is 54.4 Å². The molecule has 2 aliphatic heterocycles. The van der Waals surface area contributed by atoms with E-state index in [9.17, 15) is 13.2 Å². The molecule has 3 aromatic rings. The molecule has 3 aromatic carbocycles. The van der Waals surface area contributed by atoms with Gasteiger partial charge >= 0.3 is 6.03 Å². The first-order valence-electron chi connectivity index (χ1n) is 11.6. The largest absolute Gasteiger partial charge is 0.497 e. The maximum Gasteiger partial charge on any atom is 0.343 e. The quantitative estimate of drug-likeness (QED) is 0.489. The molecular formula is C26H27ClN4O4S. The number of rotatable bonds is 5. The van der Waals surface area contributed by atoms with Gasteiger partial charge in [0.2, 0.25) is 0 Å². The van der Waals surface area contributed by atoms with Crippen LogP contribution in [0.25, 0.3) is 0 Å². The van der Waals surface area contributed by atoms with Crippen molar-refractivity contribution in [1.82, 2.24) is 4.90 Å². The molecule has 1 saturated heterocycles. The Labute approximate surface area is 216 Å². The van der Waals surface area contributed by atoms with Crippen LogP contribution in [0, 0.1) is 0 Å². The molecule has 8 nitrogen and oxygen atoms in total. The van der Waals surface area contributed by atoms with E-state index in [-0.39, 0.29) is 22.8 Å². The Morgan fingerprint density at radius 3 is 2.19 bits per heavy atom. The second-order valence-corrected chi connectivity index (χ2v) is 11.0. The van der Waals surface area contributed by atoms with Crippen LogP contribution in [0.1, 0.15) is 5.56 Å². The van der Waals surface area contributed by atoms with Crippen molar-refractivity contribution in [3.8, 4) is 5.75 Å². The number of sulfonamides is 1. The lowest BCUT2D eigenvalue weighted by molar-refractivity contribution is 0.253. The van der Waals surface area contributed by atoms with Crippen molar-refractivity contribution >= 4 is 44.7 Å². The lowest BCUT2D eigenvalue weighted by atomic mass is 10.1. The van der Waals surface area contributed by atoms with E-state index < -0.39 is 16.1 Å². The Morgan fingerprint density at radius 2 is 1.56 bits per heavy atom. The van der Waals surface area contributed by atoms with Crippen LogP contribution >= 0.6 is 11.6 Å². The molecule has 0 atom stereocenters. The van der Waals surface area contributed by atoms with Crippen LogP contribution in [0.5, 0.6) is 5.75 Å². The lowest BCUT2D eigenvalue weighted by Gasteiger charge is -2.40. The molecule has 0 saturated carbocycles. The minimum atomic E-state index is -4.25. The van der Waals surface area contributed by atoms with Gasteiger partial charge in [0.05, 0.1) is 30.7 Å². The molecule has 10 heteroatoms. The highest BCUT2D eigenvalue weighted by Gasteiger charge is 2.45. The van der Waals surface area contributed by atoms with Crippen LogP contribution in [-0.2, 0) is 16.6 Å². The monoisotopic (exact) mass is 526 g/mol. The number of anilines is 3. The number of amides is 2. The zero-order chi connectivity index (χ0) is 25.4. The van der Waals surface area contributed by atoms with Gasteiger partial charge in [-0.1, -0.05) is 41.9 Å². The Balaban J connectivity index is 1.70. The van der Waals surface area contributed by atoms with E-state index in [2.05, 4.69) is 4.90 Å². The van der Waals surface area contributed by atoms with Gasteiger partial charge in [0.15, 0.2) is 0 Å². The number of urea groups is 1. The Bertz CT molecular complexity index is 1380. The normalized spacial score (nSPS) is 17.8. The highest BCUT2D eigenvalue weighted by Crippen LogP contribution is 2.45. The van der Waals surface area contributed by atoms with Crippen LogP contribution in [-0.4, -0.2) is 59.7 Å². The molecule has 2 amide bonds. The third kappa shape index (κ3) is 4.38. The molecule has 188 valence electrons. The fourth-order valence-electron chi connectivity index (χ4n) is 4.60. The minimum absolute atomic E-state index is 0.0859. The Kier molecular flexibility index (Phi) is 6.55. The summed E-state index contributed by atoms with van der Waals surface area (Å²) in [5.74, 6) is 0.562. The number of piperazine rings is 1. The first kappa shape index (κ1) is 24.4. The molecule has 0 radical (unpaired) electrons. The summed E-state index contributed by atoms with van der Waals surface area (Å²) in [5.41, 5.74) is 1.90. The first-order chi connectivity index (χ1) is 17.3. The number of carbonyl (C=O) groups excluding carboxylic acids is 1. The van der Waals surface area contributed by atoms with Gasteiger partial charge in [0.25, 0.3) is 10.0 Å². The third-order valence-electron chi connectivity index (χ3n) is 6.54. The zero-order valence-corrected chi connectivity index (χ0v) is 21.7. The summed E-state index contributed by atoms with van der Waals surface area (Å²) in [6, 6.07) is 18.5. The average molecular weight is 527 g/mol. The molecule has 5 rings (SSSR count). The van der Waals surface area contributed by atoms with E-state index in [1.165, 1.54) is 12.0 Å². The SMILES string of the molecule is COc1ccc(N2C(=O)N(Cc3ccccc3)c3cc(Cl)cc(N4CCN(C)CC4)c3S2(=O)=O)cc1. The molecule has 0 aromatic heterocycles.